The van der Waals surface area contributed by atoms with Crippen molar-refractivity contribution < 1.29 is 9.50 Å². The maximum atomic E-state index is 13.0. The zero-order chi connectivity index (χ0) is 12.3. The Balaban J connectivity index is 2.22. The van der Waals surface area contributed by atoms with Gasteiger partial charge in [-0.25, -0.2) is 4.39 Å². The maximum Gasteiger partial charge on any atom is 0.124 e. The van der Waals surface area contributed by atoms with Gasteiger partial charge >= 0.3 is 0 Å². The smallest absolute Gasteiger partial charge is 0.124 e. The number of halogens is 2. The molecule has 1 N–H and O–H groups in total. The molecule has 0 aromatic heterocycles. The Hall–Kier alpha value is -0.840. The molecule has 0 unspecified atom stereocenters. The van der Waals surface area contributed by atoms with Crippen LogP contribution in [0.3, 0.4) is 0 Å². The predicted molar refractivity (Wildman–Crippen MR) is 70.6 cm³/mol. The zero-order valence-electron chi connectivity index (χ0n) is 8.86. The third kappa shape index (κ3) is 3.31. The molecule has 0 fully saturated rings. The van der Waals surface area contributed by atoms with Crippen LogP contribution in [-0.2, 0) is 6.61 Å². The molecule has 0 heterocycles. The number of aliphatic hydroxyl groups excluding tert-OH is 1. The Morgan fingerprint density at radius 1 is 1.12 bits per heavy atom. The third-order valence-corrected chi connectivity index (χ3v) is 3.94. The van der Waals surface area contributed by atoms with Crippen LogP contribution in [0.1, 0.15) is 5.56 Å². The Labute approximate surface area is 112 Å². The highest BCUT2D eigenvalue weighted by Crippen LogP contribution is 2.31. The lowest BCUT2D eigenvalue weighted by Gasteiger charge is -2.05. The number of hydrogen-bond donors (Lipinski definition) is 1. The van der Waals surface area contributed by atoms with Gasteiger partial charge in [-0.2, -0.15) is 0 Å². The fraction of sp³-hybridized carbons (Fsp3) is 0.0769. The third-order valence-electron chi connectivity index (χ3n) is 2.23. The van der Waals surface area contributed by atoms with Crippen LogP contribution in [-0.4, -0.2) is 5.11 Å². The molecule has 0 saturated carbocycles. The monoisotopic (exact) mass is 312 g/mol. The molecule has 2 aromatic carbocycles. The first-order valence-corrected chi connectivity index (χ1v) is 6.62. The van der Waals surface area contributed by atoms with E-state index in [1.54, 1.807) is 6.07 Å². The van der Waals surface area contributed by atoms with E-state index in [1.807, 2.05) is 24.3 Å². The van der Waals surface area contributed by atoms with E-state index in [0.717, 1.165) is 19.8 Å². The minimum absolute atomic E-state index is 0.00545. The molecule has 0 aliphatic heterocycles. The highest BCUT2D eigenvalue weighted by atomic mass is 79.9. The summed E-state index contributed by atoms with van der Waals surface area (Å²) in [5.74, 6) is -0.235. The van der Waals surface area contributed by atoms with Gasteiger partial charge in [-0.1, -0.05) is 39.8 Å². The quantitative estimate of drug-likeness (QED) is 0.915. The summed E-state index contributed by atoms with van der Waals surface area (Å²) in [6.07, 6.45) is 0. The van der Waals surface area contributed by atoms with Gasteiger partial charge < -0.3 is 5.11 Å². The van der Waals surface area contributed by atoms with E-state index in [4.69, 9.17) is 5.11 Å². The molecule has 0 aliphatic rings. The van der Waals surface area contributed by atoms with Crippen LogP contribution in [0.25, 0.3) is 0 Å². The molecule has 0 atom stereocenters. The Kier molecular flexibility index (Phi) is 4.20. The second-order valence-corrected chi connectivity index (χ2v) is 5.47. The first kappa shape index (κ1) is 12.6. The number of benzene rings is 2. The zero-order valence-corrected chi connectivity index (χ0v) is 11.3. The average molecular weight is 313 g/mol. The van der Waals surface area contributed by atoms with Crippen molar-refractivity contribution in [2.45, 2.75) is 16.4 Å². The minimum Gasteiger partial charge on any atom is -0.392 e. The van der Waals surface area contributed by atoms with Gasteiger partial charge in [0.1, 0.15) is 5.82 Å². The lowest BCUT2D eigenvalue weighted by atomic mass is 10.2. The second-order valence-electron chi connectivity index (χ2n) is 3.47. The van der Waals surface area contributed by atoms with E-state index in [9.17, 15) is 4.39 Å². The minimum atomic E-state index is -0.235. The summed E-state index contributed by atoms with van der Waals surface area (Å²) in [5, 5.41) is 9.05. The molecule has 2 rings (SSSR count). The predicted octanol–water partition coefficient (Wildman–Crippen LogP) is 4.23. The molecule has 1 nitrogen and oxygen atoms in total. The van der Waals surface area contributed by atoms with Gasteiger partial charge in [0.2, 0.25) is 0 Å². The summed E-state index contributed by atoms with van der Waals surface area (Å²) >= 11 is 4.87. The number of rotatable bonds is 3. The highest BCUT2D eigenvalue weighted by molar-refractivity contribution is 9.10. The van der Waals surface area contributed by atoms with Crippen LogP contribution < -0.4 is 0 Å². The summed E-state index contributed by atoms with van der Waals surface area (Å²) in [4.78, 5) is 1.85. The SMILES string of the molecule is OCc1ccc(Sc2cccc(F)c2)cc1Br. The molecule has 0 amide bonds. The molecular formula is C13H10BrFOS. The van der Waals surface area contributed by atoms with E-state index >= 15 is 0 Å². The number of hydrogen-bond acceptors (Lipinski definition) is 2. The topological polar surface area (TPSA) is 20.2 Å². The largest absolute Gasteiger partial charge is 0.392 e. The first-order chi connectivity index (χ1) is 8.19. The summed E-state index contributed by atoms with van der Waals surface area (Å²) in [6, 6.07) is 12.2. The lowest BCUT2D eigenvalue weighted by molar-refractivity contribution is 0.281. The van der Waals surface area contributed by atoms with Gasteiger partial charge in [-0.3, -0.25) is 0 Å². The van der Waals surface area contributed by atoms with E-state index in [-0.39, 0.29) is 12.4 Å². The van der Waals surface area contributed by atoms with E-state index in [2.05, 4.69) is 15.9 Å². The fourth-order valence-corrected chi connectivity index (χ4v) is 2.95. The molecule has 0 spiro atoms. The van der Waals surface area contributed by atoms with Gasteiger partial charge in [0.25, 0.3) is 0 Å². The van der Waals surface area contributed by atoms with Gasteiger partial charge in [-0.15, -0.1) is 0 Å². The normalized spacial score (nSPS) is 10.5. The Bertz CT molecular complexity index is 531. The summed E-state index contributed by atoms with van der Waals surface area (Å²) in [5.41, 5.74) is 0.841. The van der Waals surface area contributed by atoms with Crippen molar-refractivity contribution in [1.82, 2.24) is 0 Å². The summed E-state index contributed by atoms with van der Waals surface area (Å²) < 4.78 is 13.9. The van der Waals surface area contributed by atoms with Crippen LogP contribution in [0, 0.1) is 5.82 Å². The van der Waals surface area contributed by atoms with Crippen LogP contribution >= 0.6 is 27.7 Å². The molecule has 0 bridgehead atoms. The van der Waals surface area contributed by atoms with Crippen molar-refractivity contribution in [3.05, 3.63) is 58.3 Å². The van der Waals surface area contributed by atoms with Crippen LogP contribution in [0.15, 0.2) is 56.7 Å². The van der Waals surface area contributed by atoms with Gasteiger partial charge in [0.15, 0.2) is 0 Å². The molecule has 4 heteroatoms. The fourth-order valence-electron chi connectivity index (χ4n) is 1.39. The molecule has 17 heavy (non-hydrogen) atoms. The lowest BCUT2D eigenvalue weighted by Crippen LogP contribution is -1.85. The molecular weight excluding hydrogens is 303 g/mol. The number of aliphatic hydroxyl groups is 1. The maximum absolute atomic E-state index is 13.0. The van der Waals surface area contributed by atoms with Crippen molar-refractivity contribution in [3.8, 4) is 0 Å². The summed E-state index contributed by atoms with van der Waals surface area (Å²) in [7, 11) is 0. The molecule has 0 saturated heterocycles. The van der Waals surface area contributed by atoms with Crippen LogP contribution in [0.5, 0.6) is 0 Å². The Morgan fingerprint density at radius 3 is 2.53 bits per heavy atom. The average Bonchev–Trinajstić information content (AvgIpc) is 2.29. The Morgan fingerprint density at radius 2 is 1.88 bits per heavy atom. The van der Waals surface area contributed by atoms with Crippen molar-refractivity contribution in [1.29, 1.82) is 0 Å². The van der Waals surface area contributed by atoms with E-state index in [0.29, 0.717) is 0 Å². The van der Waals surface area contributed by atoms with Gasteiger partial charge in [0, 0.05) is 14.3 Å². The van der Waals surface area contributed by atoms with Crippen molar-refractivity contribution >= 4 is 27.7 Å². The van der Waals surface area contributed by atoms with Crippen molar-refractivity contribution in [2.75, 3.05) is 0 Å². The van der Waals surface area contributed by atoms with Crippen LogP contribution in [0.2, 0.25) is 0 Å². The van der Waals surface area contributed by atoms with Crippen LogP contribution in [0.4, 0.5) is 4.39 Å². The molecule has 0 radical (unpaired) electrons. The van der Waals surface area contributed by atoms with Gasteiger partial charge in [0.05, 0.1) is 6.61 Å². The molecule has 88 valence electrons. The van der Waals surface area contributed by atoms with Crippen molar-refractivity contribution in [2.24, 2.45) is 0 Å². The second kappa shape index (κ2) is 5.67. The van der Waals surface area contributed by atoms with Crippen molar-refractivity contribution in [3.63, 3.8) is 0 Å². The summed E-state index contributed by atoms with van der Waals surface area (Å²) in [6.45, 7) is 0.00545. The van der Waals surface area contributed by atoms with Gasteiger partial charge in [-0.05, 0) is 35.9 Å². The molecule has 2 aromatic rings. The molecule has 0 aliphatic carbocycles. The standard InChI is InChI=1S/C13H10BrFOS/c14-13-7-12(5-4-9(13)8-16)17-11-3-1-2-10(15)6-11/h1-7,16H,8H2. The van der Waals surface area contributed by atoms with E-state index in [1.165, 1.54) is 23.9 Å². The van der Waals surface area contributed by atoms with E-state index < -0.39 is 0 Å². The first-order valence-electron chi connectivity index (χ1n) is 5.02. The highest BCUT2D eigenvalue weighted by Gasteiger charge is 2.03.